The molecule has 0 aromatic carbocycles. The minimum absolute atomic E-state index is 0.397. The van der Waals surface area contributed by atoms with Crippen LogP contribution in [-0.4, -0.2) is 23.1 Å². The van der Waals surface area contributed by atoms with Crippen molar-refractivity contribution in [2.24, 2.45) is 5.84 Å². The lowest BCUT2D eigenvalue weighted by Gasteiger charge is -2.22. The van der Waals surface area contributed by atoms with Gasteiger partial charge in [0.05, 0.1) is 0 Å². The third kappa shape index (κ3) is 2.62. The van der Waals surface area contributed by atoms with Crippen LogP contribution in [0.25, 0.3) is 0 Å². The molecular formula is C5H13N3S. The Balaban J connectivity index is 3.72. The molecule has 0 atom stereocenters. The minimum atomic E-state index is 0.397. The summed E-state index contributed by atoms with van der Waals surface area (Å²) in [7, 11) is 1.90. The molecule has 4 heteroatoms. The third-order valence-electron chi connectivity index (χ3n) is 1.22. The molecule has 0 radical (unpaired) electrons. The molecule has 0 aliphatic rings. The molecule has 9 heavy (non-hydrogen) atoms. The Morgan fingerprint density at radius 2 is 2.11 bits per heavy atom. The number of hydrazine groups is 1. The fourth-order valence-electron chi connectivity index (χ4n) is 0.336. The molecule has 0 aliphatic heterocycles. The van der Waals surface area contributed by atoms with E-state index in [1.807, 2.05) is 25.8 Å². The van der Waals surface area contributed by atoms with Crippen molar-refractivity contribution < 1.29 is 0 Å². The minimum Gasteiger partial charge on any atom is -0.349 e. The van der Waals surface area contributed by atoms with Gasteiger partial charge in [-0.05, 0) is 26.1 Å². The maximum Gasteiger partial charge on any atom is 0.183 e. The first-order valence-electron chi connectivity index (χ1n) is 2.83. The van der Waals surface area contributed by atoms with Crippen LogP contribution < -0.4 is 11.3 Å². The highest BCUT2D eigenvalue weighted by Gasteiger charge is 2.04. The summed E-state index contributed by atoms with van der Waals surface area (Å²) in [4.78, 5) is 1.88. The van der Waals surface area contributed by atoms with Crippen LogP contribution in [0.1, 0.15) is 13.8 Å². The Morgan fingerprint density at radius 1 is 1.67 bits per heavy atom. The number of hydrogen-bond donors (Lipinski definition) is 2. The van der Waals surface area contributed by atoms with Gasteiger partial charge in [-0.1, -0.05) is 0 Å². The highest BCUT2D eigenvalue weighted by atomic mass is 32.1. The lowest BCUT2D eigenvalue weighted by molar-refractivity contribution is 0.411. The second-order valence-corrected chi connectivity index (χ2v) is 2.54. The van der Waals surface area contributed by atoms with Crippen LogP contribution in [0.5, 0.6) is 0 Å². The predicted molar refractivity (Wildman–Crippen MR) is 42.8 cm³/mol. The summed E-state index contributed by atoms with van der Waals surface area (Å²) in [6.45, 7) is 4.09. The molecule has 3 nitrogen and oxygen atoms in total. The Hall–Kier alpha value is -0.350. The Morgan fingerprint density at radius 3 is 2.22 bits per heavy atom. The van der Waals surface area contributed by atoms with Crippen LogP contribution in [-0.2, 0) is 0 Å². The van der Waals surface area contributed by atoms with Gasteiger partial charge in [0, 0.05) is 13.1 Å². The molecule has 0 heterocycles. The smallest absolute Gasteiger partial charge is 0.183 e. The number of thiocarbonyl (C=S) groups is 1. The van der Waals surface area contributed by atoms with E-state index in [-0.39, 0.29) is 0 Å². The summed E-state index contributed by atoms with van der Waals surface area (Å²) >= 11 is 4.84. The summed E-state index contributed by atoms with van der Waals surface area (Å²) < 4.78 is 0. The van der Waals surface area contributed by atoms with E-state index < -0.39 is 0 Å². The average molecular weight is 147 g/mol. The van der Waals surface area contributed by atoms with Gasteiger partial charge in [-0.3, -0.25) is 0 Å². The molecule has 0 fully saturated rings. The number of nitrogens with zero attached hydrogens (tertiary/aromatic N) is 1. The molecule has 0 spiro atoms. The summed E-state index contributed by atoms with van der Waals surface area (Å²) in [5.74, 6) is 5.08. The highest BCUT2D eigenvalue weighted by Crippen LogP contribution is 1.91. The monoisotopic (exact) mass is 147 g/mol. The van der Waals surface area contributed by atoms with Crippen LogP contribution in [0.2, 0.25) is 0 Å². The second kappa shape index (κ2) is 3.63. The molecule has 0 unspecified atom stereocenters. The van der Waals surface area contributed by atoms with Crippen molar-refractivity contribution >= 4 is 17.3 Å². The highest BCUT2D eigenvalue weighted by molar-refractivity contribution is 7.80. The molecule has 3 N–H and O–H groups in total. The van der Waals surface area contributed by atoms with E-state index in [4.69, 9.17) is 18.1 Å². The Bertz CT molecular complexity index is 102. The van der Waals surface area contributed by atoms with E-state index >= 15 is 0 Å². The Labute approximate surface area is 61.2 Å². The molecule has 0 rings (SSSR count). The van der Waals surface area contributed by atoms with Crippen LogP contribution in [0.15, 0.2) is 0 Å². The van der Waals surface area contributed by atoms with Crippen molar-refractivity contribution in [3.05, 3.63) is 0 Å². The maximum absolute atomic E-state index is 5.08. The molecule has 0 saturated heterocycles. The summed E-state index contributed by atoms with van der Waals surface area (Å²) in [5.41, 5.74) is 2.40. The number of nitrogens with two attached hydrogens (primary N) is 1. The number of rotatable bonds is 1. The molecule has 0 saturated carbocycles. The van der Waals surface area contributed by atoms with Gasteiger partial charge in [-0.15, -0.1) is 0 Å². The van der Waals surface area contributed by atoms with Crippen LogP contribution >= 0.6 is 12.2 Å². The summed E-state index contributed by atoms with van der Waals surface area (Å²) in [5, 5.41) is 0.574. The van der Waals surface area contributed by atoms with E-state index in [1.54, 1.807) is 0 Å². The number of nitrogens with one attached hydrogen (secondary N) is 1. The van der Waals surface area contributed by atoms with E-state index in [1.165, 1.54) is 0 Å². The first-order chi connectivity index (χ1) is 4.09. The van der Waals surface area contributed by atoms with E-state index in [0.29, 0.717) is 11.2 Å². The average Bonchev–Trinajstić information content (AvgIpc) is 1.84. The molecular weight excluding hydrogens is 134 g/mol. The normalized spacial score (nSPS) is 9.44. The van der Waals surface area contributed by atoms with E-state index in [9.17, 15) is 0 Å². The third-order valence-corrected chi connectivity index (χ3v) is 1.62. The van der Waals surface area contributed by atoms with Crippen LogP contribution in [0, 0.1) is 0 Å². The van der Waals surface area contributed by atoms with Gasteiger partial charge in [0.1, 0.15) is 0 Å². The molecule has 0 aromatic rings. The zero-order valence-corrected chi connectivity index (χ0v) is 6.83. The molecule has 0 bridgehead atoms. The largest absolute Gasteiger partial charge is 0.349 e. The van der Waals surface area contributed by atoms with Crippen molar-refractivity contribution in [1.82, 2.24) is 10.3 Å². The number of hydrogen-bond acceptors (Lipinski definition) is 2. The van der Waals surface area contributed by atoms with Crippen molar-refractivity contribution in [2.75, 3.05) is 7.05 Å². The van der Waals surface area contributed by atoms with Crippen molar-refractivity contribution in [1.29, 1.82) is 0 Å². The molecule has 0 amide bonds. The van der Waals surface area contributed by atoms with Gasteiger partial charge in [-0.25, -0.2) is 5.84 Å². The van der Waals surface area contributed by atoms with Gasteiger partial charge < -0.3 is 10.3 Å². The lowest BCUT2D eigenvalue weighted by Crippen LogP contribution is -2.44. The van der Waals surface area contributed by atoms with Crippen molar-refractivity contribution in [2.45, 2.75) is 19.9 Å². The fourth-order valence-corrected chi connectivity index (χ4v) is 0.547. The van der Waals surface area contributed by atoms with Gasteiger partial charge >= 0.3 is 0 Å². The Kier molecular flexibility index (Phi) is 3.49. The standard InChI is InChI=1S/C5H13N3S/c1-4(2)8(3)5(9)7-6/h4H,6H2,1-3H3,(H,7,9). The quantitative estimate of drug-likeness (QED) is 0.313. The van der Waals surface area contributed by atoms with E-state index in [0.717, 1.165) is 0 Å². The first-order valence-corrected chi connectivity index (χ1v) is 3.23. The second-order valence-electron chi connectivity index (χ2n) is 2.15. The van der Waals surface area contributed by atoms with Crippen LogP contribution in [0.4, 0.5) is 0 Å². The molecule has 0 aliphatic carbocycles. The zero-order chi connectivity index (χ0) is 7.44. The maximum atomic E-state index is 5.08. The van der Waals surface area contributed by atoms with Gasteiger partial charge in [0.25, 0.3) is 0 Å². The van der Waals surface area contributed by atoms with E-state index in [2.05, 4.69) is 5.43 Å². The van der Waals surface area contributed by atoms with Gasteiger partial charge in [0.15, 0.2) is 5.11 Å². The van der Waals surface area contributed by atoms with Crippen molar-refractivity contribution in [3.8, 4) is 0 Å². The van der Waals surface area contributed by atoms with Gasteiger partial charge in [0.2, 0.25) is 0 Å². The van der Waals surface area contributed by atoms with Crippen LogP contribution in [0.3, 0.4) is 0 Å². The summed E-state index contributed by atoms with van der Waals surface area (Å²) in [6, 6.07) is 0.397. The zero-order valence-electron chi connectivity index (χ0n) is 6.01. The summed E-state index contributed by atoms with van der Waals surface area (Å²) in [6.07, 6.45) is 0. The SMILES string of the molecule is CC(C)N(C)C(=S)NN. The lowest BCUT2D eigenvalue weighted by atomic mass is 10.4. The first kappa shape index (κ1) is 8.65. The topological polar surface area (TPSA) is 41.3 Å². The molecule has 0 aromatic heterocycles. The predicted octanol–water partition coefficient (Wildman–Crippen LogP) is 0.0748. The fraction of sp³-hybridized carbons (Fsp3) is 0.800. The molecule has 54 valence electrons. The van der Waals surface area contributed by atoms with Gasteiger partial charge in [-0.2, -0.15) is 0 Å². The van der Waals surface area contributed by atoms with Crippen molar-refractivity contribution in [3.63, 3.8) is 0 Å².